The molecule has 4 N–H and O–H groups in total. The van der Waals surface area contributed by atoms with E-state index in [0.29, 0.717) is 41.1 Å². The molecule has 1 aliphatic heterocycles. The number of aromatic amines is 1. The first-order valence-electron chi connectivity index (χ1n) is 10.0. The number of nitrogens with zero attached hydrogens (tertiary/aromatic N) is 2. The number of fused-ring (bicyclic) bond motifs is 2. The van der Waals surface area contributed by atoms with Crippen LogP contribution in [0.2, 0.25) is 0 Å². The van der Waals surface area contributed by atoms with E-state index in [2.05, 4.69) is 25.6 Å². The summed E-state index contributed by atoms with van der Waals surface area (Å²) in [4.78, 5) is 35.7. The van der Waals surface area contributed by atoms with Gasteiger partial charge in [0.15, 0.2) is 0 Å². The van der Waals surface area contributed by atoms with Gasteiger partial charge in [-0.2, -0.15) is 13.2 Å². The van der Waals surface area contributed by atoms with Gasteiger partial charge >= 0.3 is 12.1 Å². The Morgan fingerprint density at radius 3 is 2.75 bits per heavy atom. The van der Waals surface area contributed by atoms with Crippen molar-refractivity contribution in [1.82, 2.24) is 25.6 Å². The van der Waals surface area contributed by atoms with Gasteiger partial charge in [-0.1, -0.05) is 12.1 Å². The number of para-hydroxylation sites is 1. The van der Waals surface area contributed by atoms with E-state index in [1.165, 1.54) is 0 Å². The van der Waals surface area contributed by atoms with Crippen LogP contribution in [-0.2, 0) is 11.2 Å². The average molecular weight is 446 g/mol. The van der Waals surface area contributed by atoms with Crippen molar-refractivity contribution in [2.75, 3.05) is 18.4 Å². The van der Waals surface area contributed by atoms with Crippen molar-refractivity contribution < 1.29 is 22.8 Å². The van der Waals surface area contributed by atoms with Crippen LogP contribution in [0.25, 0.3) is 22.3 Å². The lowest BCUT2D eigenvalue weighted by molar-refractivity contribution is -0.173. The van der Waals surface area contributed by atoms with Crippen LogP contribution < -0.4 is 16.0 Å². The second-order valence-corrected chi connectivity index (χ2v) is 7.67. The molecule has 2 amide bonds. The summed E-state index contributed by atoms with van der Waals surface area (Å²) in [6.45, 7) is 3.69. The summed E-state index contributed by atoms with van der Waals surface area (Å²) >= 11 is 0. The molecule has 0 bridgehead atoms. The number of amides is 2. The number of aromatic nitrogens is 3. The zero-order valence-electron chi connectivity index (χ0n) is 17.4. The van der Waals surface area contributed by atoms with Crippen molar-refractivity contribution in [2.45, 2.75) is 32.5 Å². The number of H-pyrrole nitrogens is 1. The number of hydrogen-bond donors (Lipinski definition) is 4. The molecule has 3 aromatic rings. The molecule has 168 valence electrons. The molecule has 2 aromatic heterocycles. The predicted molar refractivity (Wildman–Crippen MR) is 112 cm³/mol. The van der Waals surface area contributed by atoms with E-state index in [1.54, 1.807) is 19.9 Å². The highest BCUT2D eigenvalue weighted by Gasteiger charge is 2.38. The maximum absolute atomic E-state index is 12.4. The third-order valence-corrected chi connectivity index (χ3v) is 5.17. The molecule has 1 aromatic carbocycles. The predicted octanol–water partition coefficient (Wildman–Crippen LogP) is 2.70. The van der Waals surface area contributed by atoms with Crippen molar-refractivity contribution in [3.8, 4) is 11.3 Å². The van der Waals surface area contributed by atoms with E-state index in [4.69, 9.17) is 0 Å². The van der Waals surface area contributed by atoms with Gasteiger partial charge in [0.2, 0.25) is 0 Å². The number of aryl methyl sites for hydroxylation is 1. The second-order valence-electron chi connectivity index (χ2n) is 7.67. The molecule has 0 saturated heterocycles. The molecule has 1 atom stereocenters. The fourth-order valence-corrected chi connectivity index (χ4v) is 3.59. The molecule has 0 aliphatic carbocycles. The van der Waals surface area contributed by atoms with Gasteiger partial charge in [0.1, 0.15) is 11.3 Å². The summed E-state index contributed by atoms with van der Waals surface area (Å²) < 4.78 is 37.2. The monoisotopic (exact) mass is 446 g/mol. The molecular formula is C21H21F3N6O2. The van der Waals surface area contributed by atoms with Gasteiger partial charge in [0.05, 0.1) is 16.8 Å². The highest BCUT2D eigenvalue weighted by molar-refractivity contribution is 5.99. The maximum Gasteiger partial charge on any atom is 0.471 e. The Hall–Kier alpha value is -3.63. The highest BCUT2D eigenvalue weighted by Crippen LogP contribution is 2.30. The Morgan fingerprint density at radius 2 is 2.03 bits per heavy atom. The number of alkyl halides is 3. The van der Waals surface area contributed by atoms with Crippen molar-refractivity contribution >= 4 is 28.7 Å². The number of benzene rings is 1. The third kappa shape index (κ3) is 4.23. The van der Waals surface area contributed by atoms with Crippen molar-refractivity contribution in [3.63, 3.8) is 0 Å². The Morgan fingerprint density at radius 1 is 1.25 bits per heavy atom. The lowest BCUT2D eigenvalue weighted by Crippen LogP contribution is -2.42. The van der Waals surface area contributed by atoms with E-state index in [-0.39, 0.29) is 12.5 Å². The molecule has 8 nitrogen and oxygen atoms in total. The number of anilines is 1. The summed E-state index contributed by atoms with van der Waals surface area (Å²) in [6.07, 6.45) is -4.23. The summed E-state index contributed by atoms with van der Waals surface area (Å²) in [5, 5.41) is 7.67. The molecule has 32 heavy (non-hydrogen) atoms. The lowest BCUT2D eigenvalue weighted by Gasteiger charge is -2.18. The van der Waals surface area contributed by atoms with Gasteiger partial charge in [-0.15, -0.1) is 0 Å². The van der Waals surface area contributed by atoms with E-state index in [0.717, 1.165) is 17.0 Å². The zero-order valence-corrected chi connectivity index (χ0v) is 17.4. The minimum absolute atomic E-state index is 0.131. The molecule has 3 heterocycles. The molecule has 11 heteroatoms. The molecule has 4 rings (SSSR count). The minimum atomic E-state index is -4.93. The summed E-state index contributed by atoms with van der Waals surface area (Å²) in [6, 6.07) is 6.76. The summed E-state index contributed by atoms with van der Waals surface area (Å²) in [7, 11) is 0. The number of halogens is 3. The smallest absolute Gasteiger partial charge is 0.364 e. The largest absolute Gasteiger partial charge is 0.471 e. The van der Waals surface area contributed by atoms with Crippen molar-refractivity contribution in [3.05, 3.63) is 41.2 Å². The van der Waals surface area contributed by atoms with Crippen LogP contribution >= 0.6 is 0 Å². The molecule has 0 unspecified atom stereocenters. The Kier molecular flexibility index (Phi) is 5.49. The molecule has 0 fully saturated rings. The van der Waals surface area contributed by atoms with E-state index >= 15 is 0 Å². The van der Waals surface area contributed by atoms with Crippen LogP contribution in [-0.4, -0.2) is 52.1 Å². The molecular weight excluding hydrogens is 425 g/mol. The summed E-state index contributed by atoms with van der Waals surface area (Å²) in [5.41, 5.74) is 4.70. The van der Waals surface area contributed by atoms with Gasteiger partial charge < -0.3 is 20.9 Å². The van der Waals surface area contributed by atoms with Gasteiger partial charge in [-0.3, -0.25) is 9.59 Å². The van der Waals surface area contributed by atoms with E-state index in [9.17, 15) is 22.8 Å². The van der Waals surface area contributed by atoms with Crippen LogP contribution in [0.4, 0.5) is 19.0 Å². The molecule has 0 saturated carbocycles. The normalized spacial score (nSPS) is 14.6. The topological polar surface area (TPSA) is 112 Å². The molecule has 0 spiro atoms. The van der Waals surface area contributed by atoms with E-state index in [1.807, 2.05) is 23.5 Å². The number of nitrogens with one attached hydrogen (secondary N) is 4. The van der Waals surface area contributed by atoms with Crippen LogP contribution in [0.5, 0.6) is 0 Å². The Bertz CT molecular complexity index is 1200. The van der Waals surface area contributed by atoms with E-state index < -0.39 is 18.1 Å². The maximum atomic E-state index is 12.4. The van der Waals surface area contributed by atoms with Gasteiger partial charge in [-0.05, 0) is 26.0 Å². The Balaban J connectivity index is 1.63. The lowest BCUT2D eigenvalue weighted by atomic mass is 10.1. The fraction of sp³-hybridized carbons (Fsp3) is 0.333. The minimum Gasteiger partial charge on any atom is -0.364 e. The standard InChI is InChI=1S/C21H21F3N6O2/c1-10(9-26-20(32)21(22,23)24)27-18-11(2)28-15-5-3-4-12(17(15)30-18)16-8-13-14(29-16)6-7-25-19(13)31/h3-5,8,10,29H,6-7,9H2,1-2H3,(H,25,31)(H,26,32)(H,27,30)/t10-/m1/s1. The van der Waals surface area contributed by atoms with Crippen LogP contribution in [0.1, 0.15) is 28.7 Å². The van der Waals surface area contributed by atoms with Crippen LogP contribution in [0.3, 0.4) is 0 Å². The second kappa shape index (κ2) is 8.13. The number of carbonyl (C=O) groups excluding carboxylic acids is 2. The first-order valence-corrected chi connectivity index (χ1v) is 10.0. The zero-order chi connectivity index (χ0) is 23.0. The van der Waals surface area contributed by atoms with Crippen molar-refractivity contribution in [2.24, 2.45) is 0 Å². The molecule has 1 aliphatic rings. The van der Waals surface area contributed by atoms with Gasteiger partial charge in [0.25, 0.3) is 5.91 Å². The molecule has 0 radical (unpaired) electrons. The van der Waals surface area contributed by atoms with Crippen molar-refractivity contribution in [1.29, 1.82) is 0 Å². The number of rotatable bonds is 5. The van der Waals surface area contributed by atoms with Crippen LogP contribution in [0.15, 0.2) is 24.3 Å². The number of carbonyl (C=O) groups is 2. The summed E-state index contributed by atoms with van der Waals surface area (Å²) in [5.74, 6) is -1.73. The fourth-order valence-electron chi connectivity index (χ4n) is 3.59. The SMILES string of the molecule is Cc1nc2cccc(-c3cc4c([nH]3)CCNC4=O)c2nc1N[C@H](C)CNC(=O)C(F)(F)F. The Labute approximate surface area is 181 Å². The quantitative estimate of drug-likeness (QED) is 0.482. The first kappa shape index (κ1) is 21.6. The van der Waals surface area contributed by atoms with Gasteiger partial charge in [0, 0.05) is 42.5 Å². The third-order valence-electron chi connectivity index (χ3n) is 5.17. The number of hydrogen-bond acceptors (Lipinski definition) is 5. The van der Waals surface area contributed by atoms with Crippen LogP contribution in [0, 0.1) is 6.92 Å². The average Bonchev–Trinajstić information content (AvgIpc) is 3.17. The highest BCUT2D eigenvalue weighted by atomic mass is 19.4. The van der Waals surface area contributed by atoms with Gasteiger partial charge in [-0.25, -0.2) is 9.97 Å². The first-order chi connectivity index (χ1) is 15.1.